The van der Waals surface area contributed by atoms with Crippen molar-refractivity contribution in [3.05, 3.63) is 0 Å². The molecule has 0 spiro atoms. The number of carbonyl (C=O) groups excluding carboxylic acids is 14. The number of piperidine rings is 7. The number of nitrogens with one attached hydrogen (secondary N) is 10. The van der Waals surface area contributed by atoms with E-state index in [1.54, 1.807) is 26.6 Å². The fourth-order valence-corrected chi connectivity index (χ4v) is 18.2. The number of urea groups is 7. The summed E-state index contributed by atoms with van der Waals surface area (Å²) in [5, 5.41) is 18.3. The van der Waals surface area contributed by atoms with Crippen LogP contribution in [0.3, 0.4) is 0 Å². The van der Waals surface area contributed by atoms with Crippen LogP contribution < -0.4 is 54.3 Å². The molecule has 804 valence electrons. The average molecular weight is 2020 g/mol. The Hall–Kier alpha value is -9.62. The van der Waals surface area contributed by atoms with E-state index in [0.29, 0.717) is 163 Å². The molecule has 0 unspecified atom stereocenters. The van der Waals surface area contributed by atoms with Crippen molar-refractivity contribution < 1.29 is 135 Å². The molecule has 0 aliphatic carbocycles. The summed E-state index contributed by atoms with van der Waals surface area (Å²) < 4.78 is 0. The summed E-state index contributed by atoms with van der Waals surface area (Å²) in [4.78, 5) is 257. The number of likely N-dealkylation sites (N-methyl/N-ethyl adjacent to an activating group) is 6. The van der Waals surface area contributed by atoms with E-state index in [-0.39, 0.29) is 138 Å². The lowest BCUT2D eigenvalue weighted by molar-refractivity contribution is -0.139. The van der Waals surface area contributed by atoms with Gasteiger partial charge >= 0.3 is 42.2 Å². The molecule has 10 N–H and O–H groups in total. The minimum atomic E-state index is -0.483. The van der Waals surface area contributed by atoms with Gasteiger partial charge in [-0.1, -0.05) is 19.8 Å². The van der Waals surface area contributed by atoms with Gasteiger partial charge in [-0.2, -0.15) is 35.4 Å². The molecule has 0 saturated carbocycles. The summed E-state index contributed by atoms with van der Waals surface area (Å²) in [5.41, 5.74) is 17.0. The number of amides is 21. The number of rotatable bonds is 44. The molecule has 21 amide bonds. The van der Waals surface area contributed by atoms with E-state index in [1.807, 2.05) is 73.0 Å². The van der Waals surface area contributed by atoms with E-state index in [1.165, 1.54) is 99.9 Å². The molecule has 0 radical (unpaired) electrons. The lowest BCUT2D eigenvalue weighted by atomic mass is 10.0. The predicted molar refractivity (Wildman–Crippen MR) is 498 cm³/mol. The molecular weight excluding hydrogens is 1860 g/mol. The third kappa shape index (κ3) is 31.5. The summed E-state index contributed by atoms with van der Waals surface area (Å²) in [6.45, 7) is 19.6. The highest BCUT2D eigenvalue weighted by Crippen LogP contribution is 2.37. The normalized spacial score (nSPS) is 25.7. The fraction of sp³-hybridized carbons (Fsp3) is 0.837. The van der Waals surface area contributed by atoms with Gasteiger partial charge in [-0.15, -0.1) is 0 Å². The fourth-order valence-electron chi connectivity index (χ4n) is 18.2. The summed E-state index contributed by atoms with van der Waals surface area (Å²) in [6, 6.07) is -4.00. The number of carbonyl (C=O) groups is 14. The summed E-state index contributed by atoms with van der Waals surface area (Å²) in [6.07, 6.45) is 12.8. The molecule has 14 aliphatic rings. The molecule has 0 aromatic carbocycles. The lowest BCUT2D eigenvalue weighted by Crippen LogP contribution is -2.50. The molecule has 14 saturated heterocycles. The molecule has 14 heterocycles. The number of hydroxylamine groups is 21. The van der Waals surface area contributed by atoms with Gasteiger partial charge in [-0.25, -0.2) is 71.9 Å². The van der Waals surface area contributed by atoms with E-state index in [4.69, 9.17) is 67.7 Å². The molecule has 55 heteroatoms. The highest BCUT2D eigenvalue weighted by atomic mass is 16.7. The van der Waals surface area contributed by atoms with Gasteiger partial charge in [-0.05, 0) is 180 Å². The van der Waals surface area contributed by atoms with E-state index in [9.17, 15) is 67.1 Å². The molecule has 16 atom stereocenters. The van der Waals surface area contributed by atoms with Crippen LogP contribution in [0.15, 0.2) is 0 Å². The highest BCUT2D eigenvalue weighted by molar-refractivity contribution is 5.92. The molecule has 0 aromatic rings. The van der Waals surface area contributed by atoms with Crippen molar-refractivity contribution in [3.8, 4) is 0 Å². The van der Waals surface area contributed by atoms with Gasteiger partial charge in [-0.3, -0.25) is 101 Å². The zero-order chi connectivity index (χ0) is 103. The lowest BCUT2D eigenvalue weighted by Gasteiger charge is -2.29. The zero-order valence-electron chi connectivity index (χ0n) is 85.6. The minimum absolute atomic E-state index is 0.0433. The van der Waals surface area contributed by atoms with Crippen LogP contribution in [-0.4, -0.2) is 495 Å². The Morgan fingerprint density at radius 3 is 0.695 bits per heavy atom. The van der Waals surface area contributed by atoms with Crippen LogP contribution in [0.5, 0.6) is 0 Å². The van der Waals surface area contributed by atoms with Crippen molar-refractivity contribution in [2.45, 2.75) is 246 Å². The van der Waals surface area contributed by atoms with Crippen LogP contribution in [0, 0.1) is 0 Å². The topological polar surface area (TPSA) is 544 Å². The summed E-state index contributed by atoms with van der Waals surface area (Å²) >= 11 is 0. The number of nitrogens with zero attached hydrogens (tertiary/aromatic N) is 17. The quantitative estimate of drug-likeness (QED) is 0.0236. The van der Waals surface area contributed by atoms with E-state index in [2.05, 4.69) is 80.0 Å². The second-order valence-electron chi connectivity index (χ2n) is 36.8. The Balaban J connectivity index is 0.000000201. The van der Waals surface area contributed by atoms with Crippen molar-refractivity contribution in [1.82, 2.24) is 139 Å². The third-order valence-electron chi connectivity index (χ3n) is 26.6. The SMILES string of the molecule is CCCCCONC(=O)[C@@H]1CC[C@@H]2CN1C(=O)N2OC.CNCCONC(=O)[C@@H]1CC[C@@H]2CN1C(=O)N2OC.CN[C@@H](C)CONC(=O)[C@@H]1CC[C@@H]2CN1C(=O)N2OC.CN[C@H](C)CONC(=O)[C@@H]1CC[C@@H]2CN1C(=O)N2OC.CON1C(=O)N2C[C@H]1CC[C@H]2C(=O)NOCCN(C)C.CON1C(=O)N2C[C@H]1CC[C@H]2C(=O)NOCCN(C)C.CON1C(=O)N2C[C@H]1CC[C@H]2C(=O)NOCCN(C)C(C)C. The predicted octanol–water partition coefficient (Wildman–Crippen LogP) is -1.86. The van der Waals surface area contributed by atoms with Crippen LogP contribution in [0.2, 0.25) is 0 Å². The monoisotopic (exact) mass is 2020 g/mol. The molecule has 0 aromatic heterocycles. The van der Waals surface area contributed by atoms with Crippen molar-refractivity contribution >= 4 is 83.6 Å². The third-order valence-corrected chi connectivity index (χ3v) is 26.6. The highest BCUT2D eigenvalue weighted by Gasteiger charge is 2.55. The molecule has 55 nitrogen and oxygen atoms in total. The van der Waals surface area contributed by atoms with Crippen molar-refractivity contribution in [2.24, 2.45) is 0 Å². The standard InChI is InChI=1S/C14H26N4O4.C13H23N3O4.4C12H22N4O4.C11H20N4O4/c1-10(2)16(3)7-8-22-15-13(19)12-6-5-11-9-17(12)14(20)18(11)21-4;1-3-4-5-8-20-14-12(17)11-7-6-10-9-15(11)13(18)16(10)19-2;2*1-8(13-2)7-20-14-11(17)10-5-4-9-6-15(10)12(18)16(9)19-3;2*1-14(2)6-7-20-13-11(17)10-5-4-9-8-15(10)12(18)16(9)19-3;1-12-5-6-19-13-10(16)9-4-3-8-7-14(9)11(17)15(8)18-2/h10-12H,5-9H2,1-4H3,(H,15,19);10-11H,3-9H2,1-2H3,(H,14,17);2*8-10,13H,4-7H2,1-3H3,(H,14,17);2*9-10H,4-8H2,1-3H3,(H,13,17);8-9,12H,3-7H2,1-2H3,(H,13,16)/t11-,12+;10-,11+;8-,9+,10-;8-,9-,10+;2*9-,10+;8-,9+/m1101111/s1. The van der Waals surface area contributed by atoms with Crippen molar-refractivity contribution in [3.63, 3.8) is 0 Å². The summed E-state index contributed by atoms with van der Waals surface area (Å²) in [5.74, 6) is -1.89. The Morgan fingerprint density at radius 1 is 0.298 bits per heavy atom. The van der Waals surface area contributed by atoms with Crippen LogP contribution in [0.1, 0.15) is 144 Å². The van der Waals surface area contributed by atoms with Gasteiger partial charge in [0.15, 0.2) is 0 Å². The van der Waals surface area contributed by atoms with Gasteiger partial charge < -0.3 is 64.9 Å². The van der Waals surface area contributed by atoms with Crippen molar-refractivity contribution in [1.29, 1.82) is 0 Å². The molecule has 14 bridgehead atoms. The van der Waals surface area contributed by atoms with Crippen LogP contribution in [0.4, 0.5) is 33.6 Å². The van der Waals surface area contributed by atoms with E-state index < -0.39 is 42.3 Å². The van der Waals surface area contributed by atoms with Crippen molar-refractivity contribution in [2.75, 3.05) is 224 Å². The molecule has 14 rings (SSSR count). The second kappa shape index (κ2) is 58.4. The van der Waals surface area contributed by atoms with Gasteiger partial charge in [0.1, 0.15) is 42.3 Å². The Labute approximate surface area is 824 Å². The molecule has 14 fully saturated rings. The number of unbranched alkanes of at least 4 members (excludes halogenated alkanes) is 2. The maximum absolute atomic E-state index is 12.2. The molecule has 141 heavy (non-hydrogen) atoms. The van der Waals surface area contributed by atoms with Crippen LogP contribution in [-0.2, 0) is 101 Å². The van der Waals surface area contributed by atoms with Gasteiger partial charge in [0, 0.05) is 90.1 Å². The number of hydrogen-bond acceptors (Lipinski definition) is 34. The van der Waals surface area contributed by atoms with E-state index >= 15 is 0 Å². The van der Waals surface area contributed by atoms with Gasteiger partial charge in [0.05, 0.1) is 138 Å². The average Bonchev–Trinajstić information content (AvgIpc) is 1.68. The Morgan fingerprint density at radius 2 is 0.504 bits per heavy atom. The zero-order valence-corrected chi connectivity index (χ0v) is 85.6. The second-order valence-corrected chi connectivity index (χ2v) is 36.8. The first kappa shape index (κ1) is 117. The van der Waals surface area contributed by atoms with Gasteiger partial charge in [0.25, 0.3) is 41.4 Å². The minimum Gasteiger partial charge on any atom is -0.317 e. The largest absolute Gasteiger partial charge is 0.345 e. The summed E-state index contributed by atoms with van der Waals surface area (Å²) in [7, 11) is 25.4. The first-order valence-electron chi connectivity index (χ1n) is 48.5. The first-order valence-corrected chi connectivity index (χ1v) is 48.5. The Kier molecular flexibility index (Phi) is 48.3. The maximum Gasteiger partial charge on any atom is 0.345 e. The van der Waals surface area contributed by atoms with Gasteiger partial charge in [0.2, 0.25) is 0 Å². The van der Waals surface area contributed by atoms with Crippen LogP contribution >= 0.6 is 0 Å². The van der Waals surface area contributed by atoms with Crippen LogP contribution in [0.25, 0.3) is 0 Å². The Bertz CT molecular complexity index is 3880. The number of fused-ring (bicyclic) bond motifs is 14. The molecular formula is C86H157N27O28. The first-order chi connectivity index (χ1) is 67.6. The maximum atomic E-state index is 12.2. The smallest absolute Gasteiger partial charge is 0.317 e. The molecule has 14 aliphatic heterocycles. The van der Waals surface area contributed by atoms with E-state index in [0.717, 1.165) is 70.8 Å². The number of hydrogen-bond donors (Lipinski definition) is 10.